The van der Waals surface area contributed by atoms with E-state index in [1.165, 1.54) is 16.2 Å². The minimum Gasteiger partial charge on any atom is -0.442 e. The predicted octanol–water partition coefficient (Wildman–Crippen LogP) is 6.72. The first-order valence-electron chi connectivity index (χ1n) is 12.5. The first kappa shape index (κ1) is 25.1. The molecule has 0 spiro atoms. The minimum absolute atomic E-state index is 0.0260. The van der Waals surface area contributed by atoms with E-state index in [1.54, 1.807) is 6.20 Å². The number of carbonyl (C=O) groups is 2. The van der Waals surface area contributed by atoms with Crippen LogP contribution in [0.4, 0.5) is 9.80 Å². The lowest BCUT2D eigenvalue weighted by Crippen LogP contribution is -2.27. The van der Waals surface area contributed by atoms with Crippen LogP contribution in [0.25, 0.3) is 33.4 Å². The molecule has 1 saturated carbocycles. The molecule has 0 bridgehead atoms. The zero-order valence-corrected chi connectivity index (χ0v) is 22.7. The van der Waals surface area contributed by atoms with Crippen molar-refractivity contribution >= 4 is 39.4 Å². The van der Waals surface area contributed by atoms with Crippen molar-refractivity contribution in [2.24, 2.45) is 11.8 Å². The Bertz CT molecular complexity index is 1500. The van der Waals surface area contributed by atoms with Gasteiger partial charge < -0.3 is 10.1 Å². The normalized spacial score (nSPS) is 17.3. The number of nitrogens with zero attached hydrogens (tertiary/aromatic N) is 4. The Hall–Kier alpha value is -3.59. The highest BCUT2D eigenvalue weighted by molar-refractivity contribution is 7.11. The van der Waals surface area contributed by atoms with Crippen molar-refractivity contribution in [3.8, 4) is 22.5 Å². The topological polar surface area (TPSA) is 99.0 Å². The number of nitrogens with one attached hydrogen (secondary N) is 1. The fraction of sp³-hybridized carbons (Fsp3) is 0.393. The molecule has 1 N–H and O–H groups in total. The van der Waals surface area contributed by atoms with Crippen LogP contribution in [0.1, 0.15) is 59.6 Å². The fourth-order valence-electron chi connectivity index (χ4n) is 4.25. The number of pyridine rings is 1. The molecule has 1 fully saturated rings. The van der Waals surface area contributed by atoms with Crippen molar-refractivity contribution in [1.82, 2.24) is 19.1 Å². The average Bonchev–Trinajstić information content (AvgIpc) is 3.24. The van der Waals surface area contributed by atoms with E-state index in [0.29, 0.717) is 16.4 Å². The summed E-state index contributed by atoms with van der Waals surface area (Å²) in [4.78, 5) is 30.4. The molecule has 8 nitrogen and oxygen atoms in total. The zero-order chi connectivity index (χ0) is 26.5. The molecule has 3 aromatic heterocycles. The van der Waals surface area contributed by atoms with Gasteiger partial charge in [-0.1, -0.05) is 32.9 Å². The number of amides is 1. The van der Waals surface area contributed by atoms with E-state index in [4.69, 9.17) is 14.1 Å². The van der Waals surface area contributed by atoms with Crippen LogP contribution in [-0.4, -0.2) is 36.7 Å². The van der Waals surface area contributed by atoms with Crippen molar-refractivity contribution < 1.29 is 14.3 Å². The van der Waals surface area contributed by atoms with E-state index in [-0.39, 0.29) is 17.7 Å². The van der Waals surface area contributed by atoms with Gasteiger partial charge in [-0.3, -0.25) is 9.78 Å². The number of rotatable bonds is 5. The van der Waals surface area contributed by atoms with Crippen LogP contribution in [0.2, 0.25) is 0 Å². The second-order valence-electron chi connectivity index (χ2n) is 11.0. The van der Waals surface area contributed by atoms with E-state index >= 15 is 0 Å². The quantitative estimate of drug-likeness (QED) is 0.315. The van der Waals surface area contributed by atoms with E-state index in [1.807, 2.05) is 57.2 Å². The van der Waals surface area contributed by atoms with Crippen LogP contribution in [0.5, 0.6) is 0 Å². The number of hydrogen-bond acceptors (Lipinski definition) is 7. The van der Waals surface area contributed by atoms with Crippen molar-refractivity contribution in [1.29, 1.82) is 0 Å². The summed E-state index contributed by atoms with van der Waals surface area (Å²) in [6.45, 7) is 11.8. The molecule has 0 unspecified atom stereocenters. The van der Waals surface area contributed by atoms with Crippen LogP contribution in [0.15, 0.2) is 42.6 Å². The molecule has 0 radical (unpaired) electrons. The van der Waals surface area contributed by atoms with Gasteiger partial charge in [0, 0.05) is 22.6 Å². The summed E-state index contributed by atoms with van der Waals surface area (Å²) in [5.74, 6) is 0.735. The maximum absolute atomic E-state index is 12.8. The predicted molar refractivity (Wildman–Crippen MR) is 146 cm³/mol. The Labute approximate surface area is 220 Å². The molecule has 1 aromatic carbocycles. The third-order valence-corrected chi connectivity index (χ3v) is 7.16. The van der Waals surface area contributed by atoms with Crippen molar-refractivity contribution in [2.45, 2.75) is 59.5 Å². The van der Waals surface area contributed by atoms with Gasteiger partial charge in [-0.15, -0.1) is 0 Å². The molecule has 9 heteroatoms. The van der Waals surface area contributed by atoms with Gasteiger partial charge in [0.1, 0.15) is 10.6 Å². The Kier molecular flexibility index (Phi) is 6.35. The Morgan fingerprint density at radius 1 is 1.19 bits per heavy atom. The third-order valence-electron chi connectivity index (χ3n) is 6.40. The summed E-state index contributed by atoms with van der Waals surface area (Å²) in [6, 6.07) is 11.6. The molecule has 0 aliphatic heterocycles. The summed E-state index contributed by atoms with van der Waals surface area (Å²) in [7, 11) is 0. The number of hydrogen-bond donors (Lipinski definition) is 1. The molecular weight excluding hydrogens is 486 g/mol. The van der Waals surface area contributed by atoms with E-state index in [0.717, 1.165) is 40.0 Å². The molecule has 1 aliphatic rings. The highest BCUT2D eigenvalue weighted by Gasteiger charge is 2.39. The number of carbonyl (C=O) groups excluding carboxylic acids is 2. The van der Waals surface area contributed by atoms with Crippen LogP contribution in [-0.2, 0) is 9.53 Å². The molecule has 5 rings (SSSR count). The van der Waals surface area contributed by atoms with Gasteiger partial charge in [0.2, 0.25) is 5.91 Å². The number of anilines is 1. The molecule has 37 heavy (non-hydrogen) atoms. The van der Waals surface area contributed by atoms with Crippen LogP contribution >= 0.6 is 11.5 Å². The van der Waals surface area contributed by atoms with Crippen molar-refractivity contribution in [3.05, 3.63) is 48.3 Å². The van der Waals surface area contributed by atoms with Gasteiger partial charge in [0.25, 0.3) is 0 Å². The maximum atomic E-state index is 12.8. The SMILES string of the molecule is CC(C)c1cccc(-c2c(-c3ccc4c(cnn4C(=O)OC(C)(C)C)c3)nsc2NC(=O)[C@@H]2C[C@H]2C)n1. The molecule has 2 atom stereocenters. The highest BCUT2D eigenvalue weighted by Crippen LogP contribution is 2.43. The highest BCUT2D eigenvalue weighted by atomic mass is 32.1. The summed E-state index contributed by atoms with van der Waals surface area (Å²) < 4.78 is 11.5. The lowest BCUT2D eigenvalue weighted by molar-refractivity contribution is -0.117. The van der Waals surface area contributed by atoms with Crippen LogP contribution in [0, 0.1) is 11.8 Å². The largest absolute Gasteiger partial charge is 0.442 e. The second-order valence-corrected chi connectivity index (χ2v) is 11.7. The van der Waals surface area contributed by atoms with Crippen LogP contribution < -0.4 is 5.32 Å². The Morgan fingerprint density at radius 2 is 1.95 bits per heavy atom. The molecular formula is C28H31N5O3S. The summed E-state index contributed by atoms with van der Waals surface area (Å²) in [6.07, 6.45) is 2.02. The number of ether oxygens (including phenoxy) is 1. The number of benzene rings is 1. The summed E-state index contributed by atoms with van der Waals surface area (Å²) in [5.41, 5.74) is 4.12. The van der Waals surface area contributed by atoms with E-state index < -0.39 is 11.7 Å². The van der Waals surface area contributed by atoms with Crippen LogP contribution in [0.3, 0.4) is 0 Å². The number of aromatic nitrogens is 4. The second kappa shape index (κ2) is 9.37. The Balaban J connectivity index is 1.57. The molecule has 1 amide bonds. The first-order chi connectivity index (χ1) is 17.5. The maximum Gasteiger partial charge on any atom is 0.435 e. The number of fused-ring (bicyclic) bond motifs is 1. The average molecular weight is 518 g/mol. The van der Waals surface area contributed by atoms with Gasteiger partial charge in [-0.05, 0) is 74.8 Å². The van der Waals surface area contributed by atoms with Gasteiger partial charge in [-0.25, -0.2) is 4.79 Å². The van der Waals surface area contributed by atoms with Gasteiger partial charge in [0.05, 0.1) is 28.7 Å². The molecule has 0 saturated heterocycles. The smallest absolute Gasteiger partial charge is 0.435 e. The fourth-order valence-corrected chi connectivity index (χ4v) is 5.06. The zero-order valence-electron chi connectivity index (χ0n) is 21.9. The summed E-state index contributed by atoms with van der Waals surface area (Å²) in [5, 5.41) is 8.85. The molecule has 1 aliphatic carbocycles. The molecule has 192 valence electrons. The standard InChI is InChI=1S/C28H31N5O3S/c1-15(2)20-8-7-9-21(30-20)23-24(32-37-26(23)31-25(34)19-12-16(19)3)17-10-11-22-18(13-17)14-29-33(22)27(35)36-28(4,5)6/h7-11,13-16,19H,12H2,1-6H3,(H,31,34)/t16-,19-/m1/s1. The lowest BCUT2D eigenvalue weighted by Gasteiger charge is -2.19. The van der Waals surface area contributed by atoms with E-state index in [9.17, 15) is 9.59 Å². The first-order valence-corrected chi connectivity index (χ1v) is 13.3. The summed E-state index contributed by atoms with van der Waals surface area (Å²) >= 11 is 1.26. The molecule has 4 aromatic rings. The van der Waals surface area contributed by atoms with Crippen molar-refractivity contribution in [2.75, 3.05) is 5.32 Å². The van der Waals surface area contributed by atoms with Gasteiger partial charge >= 0.3 is 6.09 Å². The van der Waals surface area contributed by atoms with E-state index in [2.05, 4.69) is 31.2 Å². The Morgan fingerprint density at radius 3 is 2.62 bits per heavy atom. The third kappa shape index (κ3) is 5.13. The van der Waals surface area contributed by atoms with Gasteiger partial charge in [-0.2, -0.15) is 14.2 Å². The minimum atomic E-state index is -0.624. The lowest BCUT2D eigenvalue weighted by atomic mass is 10.0. The van der Waals surface area contributed by atoms with Crippen molar-refractivity contribution in [3.63, 3.8) is 0 Å². The monoisotopic (exact) mass is 517 g/mol. The van der Waals surface area contributed by atoms with Gasteiger partial charge in [0.15, 0.2) is 0 Å². The molecule has 3 heterocycles.